The Bertz CT molecular complexity index is 1420. The van der Waals surface area contributed by atoms with Crippen molar-refractivity contribution in [3.05, 3.63) is 57.6 Å². The van der Waals surface area contributed by atoms with E-state index in [1.165, 1.54) is 35.7 Å². The van der Waals surface area contributed by atoms with Crippen LogP contribution in [0.2, 0.25) is 0 Å². The molecule has 1 aromatic carbocycles. The summed E-state index contributed by atoms with van der Waals surface area (Å²) in [7, 11) is 0. The van der Waals surface area contributed by atoms with Crippen molar-refractivity contribution in [2.45, 2.75) is 59.3 Å². The summed E-state index contributed by atoms with van der Waals surface area (Å²) in [5.41, 5.74) is 3.93. The Morgan fingerprint density at radius 1 is 1.09 bits per heavy atom. The number of fused-ring (bicyclic) bond motifs is 1. The number of anilines is 1. The first-order chi connectivity index (χ1) is 16.4. The molecule has 1 amide bonds. The maximum atomic E-state index is 12.9. The molecule has 0 radical (unpaired) electrons. The molecule has 1 fully saturated rings. The van der Waals surface area contributed by atoms with E-state index in [4.69, 9.17) is 0 Å². The van der Waals surface area contributed by atoms with E-state index in [0.717, 1.165) is 24.1 Å². The number of hydrogen-bond donors (Lipinski definition) is 2. The van der Waals surface area contributed by atoms with Crippen molar-refractivity contribution in [1.82, 2.24) is 29.5 Å². The maximum Gasteiger partial charge on any atom is 0.263 e. The van der Waals surface area contributed by atoms with Crippen LogP contribution in [0.25, 0.3) is 22.7 Å². The summed E-state index contributed by atoms with van der Waals surface area (Å²) in [5.74, 6) is 1.09. The molecule has 176 valence electrons. The van der Waals surface area contributed by atoms with Gasteiger partial charge in [-0.2, -0.15) is 19.9 Å². The molecule has 2 N–H and O–H groups in total. The van der Waals surface area contributed by atoms with Gasteiger partial charge in [0.15, 0.2) is 5.65 Å². The quantitative estimate of drug-likeness (QED) is 0.466. The number of hydrogen-bond acceptors (Lipinski definition) is 5. The number of aryl methyl sites for hydroxylation is 3. The van der Waals surface area contributed by atoms with Crippen LogP contribution >= 0.6 is 0 Å². The van der Waals surface area contributed by atoms with Crippen molar-refractivity contribution >= 4 is 22.8 Å². The molecule has 0 unspecified atom stereocenters. The first-order valence-corrected chi connectivity index (χ1v) is 11.8. The van der Waals surface area contributed by atoms with Gasteiger partial charge in [0.25, 0.3) is 5.56 Å². The molecule has 0 bridgehead atoms. The number of carbonyl (C=O) groups is 1. The van der Waals surface area contributed by atoms with E-state index in [1.807, 2.05) is 39.0 Å². The van der Waals surface area contributed by atoms with Gasteiger partial charge in [0.05, 0.1) is 17.6 Å². The van der Waals surface area contributed by atoms with Crippen molar-refractivity contribution in [3.8, 4) is 11.6 Å². The highest BCUT2D eigenvalue weighted by molar-refractivity contribution is 5.90. The Morgan fingerprint density at radius 2 is 1.88 bits per heavy atom. The predicted octanol–water partition coefficient (Wildman–Crippen LogP) is 4.13. The van der Waals surface area contributed by atoms with Crippen LogP contribution in [0.4, 0.5) is 5.82 Å². The zero-order chi connectivity index (χ0) is 23.8. The fraction of sp³-hybridized carbons (Fsp3) is 0.400. The lowest BCUT2D eigenvalue weighted by Crippen LogP contribution is -2.21. The van der Waals surface area contributed by atoms with Gasteiger partial charge in [-0.25, -0.2) is 4.68 Å². The second-order valence-corrected chi connectivity index (χ2v) is 9.29. The van der Waals surface area contributed by atoms with Crippen molar-refractivity contribution in [2.24, 2.45) is 5.92 Å². The van der Waals surface area contributed by atoms with Gasteiger partial charge < -0.3 is 5.32 Å². The highest BCUT2D eigenvalue weighted by atomic mass is 16.1. The monoisotopic (exact) mass is 459 g/mol. The fourth-order valence-corrected chi connectivity index (χ4v) is 4.65. The summed E-state index contributed by atoms with van der Waals surface area (Å²) in [6.07, 6.45) is 7.83. The lowest BCUT2D eigenvalue weighted by atomic mass is 9.87. The summed E-state index contributed by atoms with van der Waals surface area (Å²) < 4.78 is 3.13. The van der Waals surface area contributed by atoms with E-state index in [9.17, 15) is 9.59 Å². The second-order valence-electron chi connectivity index (χ2n) is 9.29. The third-order valence-electron chi connectivity index (χ3n) is 6.66. The molecule has 1 aliphatic rings. The molecule has 0 aliphatic heterocycles. The molecule has 1 aliphatic carbocycles. The predicted molar refractivity (Wildman–Crippen MR) is 131 cm³/mol. The van der Waals surface area contributed by atoms with Crippen LogP contribution in [0.15, 0.2) is 35.3 Å². The van der Waals surface area contributed by atoms with Gasteiger partial charge in [-0.1, -0.05) is 25.3 Å². The number of nitrogens with zero attached hydrogens (tertiary/aromatic N) is 5. The molecule has 9 nitrogen and oxygen atoms in total. The number of H-pyrrole nitrogens is 1. The minimum absolute atomic E-state index is 0.0448. The van der Waals surface area contributed by atoms with Crippen molar-refractivity contribution in [3.63, 3.8) is 0 Å². The summed E-state index contributed by atoms with van der Waals surface area (Å²) in [4.78, 5) is 33.1. The van der Waals surface area contributed by atoms with Gasteiger partial charge in [-0.15, -0.1) is 0 Å². The summed E-state index contributed by atoms with van der Waals surface area (Å²) in [6.45, 7) is 5.92. The molecule has 34 heavy (non-hydrogen) atoms. The van der Waals surface area contributed by atoms with Gasteiger partial charge in [-0.3, -0.25) is 14.6 Å². The second kappa shape index (κ2) is 8.89. The van der Waals surface area contributed by atoms with Crippen LogP contribution in [-0.4, -0.2) is 35.4 Å². The van der Waals surface area contributed by atoms with Crippen LogP contribution in [0.1, 0.15) is 55.3 Å². The Labute approximate surface area is 197 Å². The van der Waals surface area contributed by atoms with Gasteiger partial charge in [-0.05, 0) is 62.8 Å². The molecule has 0 saturated heterocycles. The SMILES string of the molecule is Cc1cc(NC(=O)CC2CCCCC2)n(-c2nc3c(cnn3-c3ccc(C)c(C)c3)c(=O)[nH]2)n1. The first kappa shape index (κ1) is 22.1. The molecular formula is C25H29N7O2. The zero-order valence-electron chi connectivity index (χ0n) is 19.8. The minimum Gasteiger partial charge on any atom is -0.310 e. The van der Waals surface area contributed by atoms with Gasteiger partial charge >= 0.3 is 0 Å². The standard InChI is InChI=1S/C25H29N7O2/c1-15-9-10-19(11-16(15)2)31-23-20(14-26-31)24(34)29-25(28-23)32-21(12-17(3)30-32)27-22(33)13-18-7-5-4-6-8-18/h9-12,14,18H,4-8,13H2,1-3H3,(H,27,33)(H,28,29,34). The number of nitrogens with one attached hydrogen (secondary N) is 2. The van der Waals surface area contributed by atoms with Crippen LogP contribution in [0.3, 0.4) is 0 Å². The van der Waals surface area contributed by atoms with Crippen LogP contribution in [0, 0.1) is 26.7 Å². The van der Waals surface area contributed by atoms with Crippen LogP contribution < -0.4 is 10.9 Å². The topological polar surface area (TPSA) is 110 Å². The van der Waals surface area contributed by atoms with E-state index in [1.54, 1.807) is 10.7 Å². The lowest BCUT2D eigenvalue weighted by molar-refractivity contribution is -0.117. The fourth-order valence-electron chi connectivity index (χ4n) is 4.65. The Kier molecular flexibility index (Phi) is 5.77. The molecule has 9 heteroatoms. The van der Waals surface area contributed by atoms with Crippen molar-refractivity contribution in [2.75, 3.05) is 5.32 Å². The van der Waals surface area contributed by atoms with E-state index >= 15 is 0 Å². The third kappa shape index (κ3) is 4.25. The van der Waals surface area contributed by atoms with Crippen LogP contribution in [-0.2, 0) is 4.79 Å². The van der Waals surface area contributed by atoms with Gasteiger partial charge in [0.1, 0.15) is 11.2 Å². The third-order valence-corrected chi connectivity index (χ3v) is 6.66. The zero-order valence-corrected chi connectivity index (χ0v) is 19.8. The Morgan fingerprint density at radius 3 is 2.65 bits per heavy atom. The van der Waals surface area contributed by atoms with Gasteiger partial charge in [0.2, 0.25) is 11.9 Å². The summed E-state index contributed by atoms with van der Waals surface area (Å²) in [5, 5.41) is 12.2. The molecular weight excluding hydrogens is 430 g/mol. The number of benzene rings is 1. The Balaban J connectivity index is 1.50. The average molecular weight is 460 g/mol. The number of rotatable bonds is 5. The normalized spacial score (nSPS) is 14.6. The summed E-state index contributed by atoms with van der Waals surface area (Å²) in [6, 6.07) is 7.76. The smallest absolute Gasteiger partial charge is 0.263 e. The highest BCUT2D eigenvalue weighted by Gasteiger charge is 2.20. The number of carbonyl (C=O) groups excluding carboxylic acids is 1. The molecule has 0 atom stereocenters. The van der Waals surface area contributed by atoms with Crippen LogP contribution in [0.5, 0.6) is 0 Å². The van der Waals surface area contributed by atoms with Crippen molar-refractivity contribution in [1.29, 1.82) is 0 Å². The van der Waals surface area contributed by atoms with Crippen molar-refractivity contribution < 1.29 is 4.79 Å². The number of aromatic amines is 1. The highest BCUT2D eigenvalue weighted by Crippen LogP contribution is 2.27. The van der Waals surface area contributed by atoms with E-state index in [-0.39, 0.29) is 17.4 Å². The molecule has 1 saturated carbocycles. The molecule has 5 rings (SSSR count). The Hall–Kier alpha value is -3.75. The molecule has 4 aromatic rings. The van der Waals surface area contributed by atoms with E-state index < -0.39 is 0 Å². The lowest BCUT2D eigenvalue weighted by Gasteiger charge is -2.20. The largest absolute Gasteiger partial charge is 0.310 e. The average Bonchev–Trinajstić information content (AvgIpc) is 3.40. The number of amides is 1. The molecule has 3 heterocycles. The minimum atomic E-state index is -0.317. The van der Waals surface area contributed by atoms with Gasteiger partial charge in [0, 0.05) is 12.5 Å². The molecule has 3 aromatic heterocycles. The number of aromatic nitrogens is 6. The first-order valence-electron chi connectivity index (χ1n) is 11.8. The molecule has 0 spiro atoms. The van der Waals surface area contributed by atoms with E-state index in [2.05, 4.69) is 25.5 Å². The summed E-state index contributed by atoms with van der Waals surface area (Å²) >= 11 is 0. The maximum absolute atomic E-state index is 12.9. The van der Waals surface area contributed by atoms with E-state index in [0.29, 0.717) is 34.9 Å².